The van der Waals surface area contributed by atoms with Gasteiger partial charge in [0.05, 0.1) is 5.69 Å². The van der Waals surface area contributed by atoms with E-state index in [2.05, 4.69) is 27.8 Å². The summed E-state index contributed by atoms with van der Waals surface area (Å²) in [7, 11) is 1.68. The molecular weight excluding hydrogens is 376 g/mol. The highest BCUT2D eigenvalue weighted by molar-refractivity contribution is 5.91. The number of amides is 1. The van der Waals surface area contributed by atoms with E-state index in [0.717, 1.165) is 46.6 Å². The fourth-order valence-corrected chi connectivity index (χ4v) is 3.85. The molecule has 0 saturated carbocycles. The van der Waals surface area contributed by atoms with E-state index in [-0.39, 0.29) is 5.91 Å². The maximum Gasteiger partial charge on any atom is 0.267 e. The monoisotopic (exact) mass is 398 g/mol. The molecule has 6 nitrogen and oxygen atoms in total. The number of hydrogen-bond donors (Lipinski definition) is 1. The molecule has 2 fully saturated rings. The second-order valence-electron chi connectivity index (χ2n) is 7.91. The van der Waals surface area contributed by atoms with Crippen LogP contribution in [0.2, 0.25) is 0 Å². The third-order valence-corrected chi connectivity index (χ3v) is 5.83. The van der Waals surface area contributed by atoms with E-state index in [4.69, 9.17) is 4.98 Å². The highest BCUT2D eigenvalue weighted by atomic mass is 16.3. The highest BCUT2D eigenvalue weighted by Gasteiger charge is 2.42. The summed E-state index contributed by atoms with van der Waals surface area (Å²) in [6, 6.07) is 13.8. The first-order valence-electron chi connectivity index (χ1n) is 10.2. The van der Waals surface area contributed by atoms with Crippen LogP contribution in [0.1, 0.15) is 18.4 Å². The van der Waals surface area contributed by atoms with Gasteiger partial charge in [-0.25, -0.2) is 9.97 Å². The molecule has 2 aliphatic heterocycles. The van der Waals surface area contributed by atoms with Gasteiger partial charge in [0.25, 0.3) is 5.91 Å². The molecule has 2 aliphatic rings. The number of aromatic nitrogens is 2. The van der Waals surface area contributed by atoms with Gasteiger partial charge in [-0.15, -0.1) is 0 Å². The standard InChI is InChI=1S/C24H22N4O2/c1-27-15-11-24(30,23(27)29)10-8-17-4-2-5-19(16-17)20-7-6-18-9-12-25-22(21(18)26-20)28-13-3-14-28/h2,4-7,9,12,16,30H,3,11,13-15H2,1H3. The molecule has 0 aliphatic carbocycles. The van der Waals surface area contributed by atoms with Gasteiger partial charge in [0.1, 0.15) is 5.52 Å². The van der Waals surface area contributed by atoms with Crippen molar-refractivity contribution in [3.05, 3.63) is 54.2 Å². The lowest BCUT2D eigenvalue weighted by Crippen LogP contribution is -2.37. The lowest BCUT2D eigenvalue weighted by molar-refractivity contribution is -0.137. The Bertz CT molecular complexity index is 1210. The van der Waals surface area contributed by atoms with Gasteiger partial charge in [-0.1, -0.05) is 30.0 Å². The van der Waals surface area contributed by atoms with Gasteiger partial charge in [0.2, 0.25) is 5.60 Å². The van der Waals surface area contributed by atoms with Gasteiger partial charge in [0, 0.05) is 55.8 Å². The molecule has 6 heteroatoms. The van der Waals surface area contributed by atoms with Crippen molar-refractivity contribution in [1.29, 1.82) is 0 Å². The van der Waals surface area contributed by atoms with Gasteiger partial charge in [-0.05, 0) is 30.7 Å². The number of pyridine rings is 2. The number of rotatable bonds is 2. The molecule has 2 saturated heterocycles. The van der Waals surface area contributed by atoms with Crippen molar-refractivity contribution in [3.63, 3.8) is 0 Å². The molecule has 30 heavy (non-hydrogen) atoms. The molecule has 5 rings (SSSR count). The van der Waals surface area contributed by atoms with Crippen LogP contribution in [0.25, 0.3) is 22.2 Å². The summed E-state index contributed by atoms with van der Waals surface area (Å²) in [5, 5.41) is 11.6. The minimum Gasteiger partial charge on any atom is -0.369 e. The van der Waals surface area contributed by atoms with E-state index < -0.39 is 5.60 Å². The quantitative estimate of drug-likeness (QED) is 0.672. The fraction of sp³-hybridized carbons (Fsp3) is 0.292. The van der Waals surface area contributed by atoms with Crippen LogP contribution in [-0.4, -0.2) is 58.2 Å². The Kier molecular flexibility index (Phi) is 4.41. The van der Waals surface area contributed by atoms with Gasteiger partial charge in [-0.3, -0.25) is 4.79 Å². The lowest BCUT2D eigenvalue weighted by atomic mass is 10.0. The summed E-state index contributed by atoms with van der Waals surface area (Å²) in [4.78, 5) is 25.3. The smallest absolute Gasteiger partial charge is 0.267 e. The zero-order valence-electron chi connectivity index (χ0n) is 16.8. The second kappa shape index (κ2) is 7.12. The molecule has 1 unspecified atom stereocenters. The molecule has 1 aromatic carbocycles. The number of likely N-dealkylation sites (tertiary alicyclic amines) is 1. The van der Waals surface area contributed by atoms with Crippen LogP contribution in [0.5, 0.6) is 0 Å². The van der Waals surface area contributed by atoms with Crippen molar-refractivity contribution >= 4 is 22.6 Å². The van der Waals surface area contributed by atoms with Crippen LogP contribution in [0, 0.1) is 11.8 Å². The minimum absolute atomic E-state index is 0.327. The van der Waals surface area contributed by atoms with E-state index in [1.54, 1.807) is 7.05 Å². The van der Waals surface area contributed by atoms with Crippen LogP contribution in [0.3, 0.4) is 0 Å². The Morgan fingerprint density at radius 1 is 1.13 bits per heavy atom. The van der Waals surface area contributed by atoms with Gasteiger partial charge in [0.15, 0.2) is 5.82 Å². The first-order chi connectivity index (χ1) is 14.5. The predicted molar refractivity (Wildman–Crippen MR) is 116 cm³/mol. The predicted octanol–water partition coefficient (Wildman–Crippen LogP) is 2.45. The minimum atomic E-state index is -1.59. The van der Waals surface area contributed by atoms with Crippen molar-refractivity contribution in [2.24, 2.45) is 0 Å². The Morgan fingerprint density at radius 3 is 2.73 bits per heavy atom. The number of likely N-dealkylation sites (N-methyl/N-ethyl adjacent to an activating group) is 1. The summed E-state index contributed by atoms with van der Waals surface area (Å²) < 4.78 is 0. The van der Waals surface area contributed by atoms with Crippen molar-refractivity contribution in [3.8, 4) is 23.1 Å². The molecule has 1 amide bonds. The lowest BCUT2D eigenvalue weighted by Gasteiger charge is -2.32. The fourth-order valence-electron chi connectivity index (χ4n) is 3.85. The molecule has 0 spiro atoms. The van der Waals surface area contributed by atoms with Crippen LogP contribution in [0.15, 0.2) is 48.7 Å². The molecule has 1 atom stereocenters. The number of benzene rings is 1. The molecule has 150 valence electrons. The zero-order chi connectivity index (χ0) is 20.7. The van der Waals surface area contributed by atoms with E-state index in [1.165, 1.54) is 11.3 Å². The average Bonchev–Trinajstić information content (AvgIpc) is 2.99. The Balaban J connectivity index is 1.50. The zero-order valence-corrected chi connectivity index (χ0v) is 16.8. The van der Waals surface area contributed by atoms with Gasteiger partial charge < -0.3 is 14.9 Å². The van der Waals surface area contributed by atoms with E-state index >= 15 is 0 Å². The van der Waals surface area contributed by atoms with Gasteiger partial charge in [-0.2, -0.15) is 0 Å². The first-order valence-corrected chi connectivity index (χ1v) is 10.2. The number of aliphatic hydroxyl groups is 1. The summed E-state index contributed by atoms with van der Waals surface area (Å²) in [5.74, 6) is 6.35. The largest absolute Gasteiger partial charge is 0.369 e. The topological polar surface area (TPSA) is 69.6 Å². The molecule has 3 aromatic rings. The highest BCUT2D eigenvalue weighted by Crippen LogP contribution is 2.29. The van der Waals surface area contributed by atoms with Crippen LogP contribution < -0.4 is 4.90 Å². The van der Waals surface area contributed by atoms with Gasteiger partial charge >= 0.3 is 0 Å². The molecule has 4 heterocycles. The van der Waals surface area contributed by atoms with Crippen molar-refractivity contribution < 1.29 is 9.90 Å². The van der Waals surface area contributed by atoms with E-state index in [9.17, 15) is 9.90 Å². The third-order valence-electron chi connectivity index (χ3n) is 5.83. The van der Waals surface area contributed by atoms with Crippen LogP contribution in [0.4, 0.5) is 5.82 Å². The summed E-state index contributed by atoms with van der Waals surface area (Å²) >= 11 is 0. The summed E-state index contributed by atoms with van der Waals surface area (Å²) in [6.07, 6.45) is 3.34. The first kappa shape index (κ1) is 18.6. The molecule has 0 radical (unpaired) electrons. The maximum absolute atomic E-state index is 12.1. The number of nitrogens with zero attached hydrogens (tertiary/aromatic N) is 4. The number of fused-ring (bicyclic) bond motifs is 1. The van der Waals surface area contributed by atoms with Crippen molar-refractivity contribution in [2.45, 2.75) is 18.4 Å². The Morgan fingerprint density at radius 2 is 2.00 bits per heavy atom. The Labute approximate surface area is 175 Å². The number of carbonyl (C=O) groups excluding carboxylic acids is 1. The number of anilines is 1. The number of hydrogen-bond acceptors (Lipinski definition) is 5. The average molecular weight is 398 g/mol. The molecular formula is C24H22N4O2. The van der Waals surface area contributed by atoms with Crippen molar-refractivity contribution in [2.75, 3.05) is 31.6 Å². The van der Waals surface area contributed by atoms with Crippen LogP contribution >= 0.6 is 0 Å². The van der Waals surface area contributed by atoms with E-state index in [0.29, 0.717) is 13.0 Å². The molecule has 0 bridgehead atoms. The molecule has 1 N–H and O–H groups in total. The summed E-state index contributed by atoms with van der Waals surface area (Å²) in [6.45, 7) is 2.54. The number of carbonyl (C=O) groups is 1. The SMILES string of the molecule is CN1CCC(O)(C#Cc2cccc(-c3ccc4ccnc(N5CCC5)c4n3)c2)C1=O. The van der Waals surface area contributed by atoms with E-state index in [1.807, 2.05) is 42.6 Å². The molecule has 2 aromatic heterocycles. The van der Waals surface area contributed by atoms with Crippen LogP contribution in [-0.2, 0) is 4.79 Å². The van der Waals surface area contributed by atoms with Crippen molar-refractivity contribution in [1.82, 2.24) is 14.9 Å². The normalized spacial score (nSPS) is 20.8. The summed E-state index contributed by atoms with van der Waals surface area (Å²) in [5.41, 5.74) is 1.82. The third kappa shape index (κ3) is 3.17. The maximum atomic E-state index is 12.1. The Hall–Kier alpha value is -3.43. The second-order valence-corrected chi connectivity index (χ2v) is 7.91.